The predicted molar refractivity (Wildman–Crippen MR) is 88.5 cm³/mol. The van der Waals surface area contributed by atoms with E-state index in [2.05, 4.69) is 4.98 Å². The Labute approximate surface area is 131 Å². The maximum Gasteiger partial charge on any atom is 0.348 e. The van der Waals surface area contributed by atoms with E-state index in [4.69, 9.17) is 0 Å². The van der Waals surface area contributed by atoms with E-state index in [9.17, 15) is 18.0 Å². The second-order valence-electron chi connectivity index (χ2n) is 5.06. The number of hydrogen-bond acceptors (Lipinski definition) is 4. The molecule has 0 saturated heterocycles. The summed E-state index contributed by atoms with van der Waals surface area (Å²) in [7, 11) is -3.75. The summed E-state index contributed by atoms with van der Waals surface area (Å²) < 4.78 is 23.0. The fourth-order valence-corrected chi connectivity index (χ4v) is 2.77. The molecular formula is C15H13N3O4S. The third kappa shape index (κ3) is 3.02. The third-order valence-electron chi connectivity index (χ3n) is 3.26. The van der Waals surface area contributed by atoms with Crippen molar-refractivity contribution in [2.75, 3.05) is 11.1 Å². The Morgan fingerprint density at radius 1 is 1.00 bits per heavy atom. The van der Waals surface area contributed by atoms with Crippen molar-refractivity contribution in [3.05, 3.63) is 69.4 Å². The van der Waals surface area contributed by atoms with Crippen LogP contribution in [0.3, 0.4) is 0 Å². The fraction of sp³-hybridized carbons (Fsp3) is 0.0667. The fourth-order valence-electron chi connectivity index (χ4n) is 2.28. The lowest BCUT2D eigenvalue weighted by Gasteiger charge is -2.08. The van der Waals surface area contributed by atoms with Gasteiger partial charge in [-0.1, -0.05) is 36.4 Å². The lowest BCUT2D eigenvalue weighted by atomic mass is 10.0. The van der Waals surface area contributed by atoms with E-state index in [1.807, 2.05) is 35.2 Å². The van der Waals surface area contributed by atoms with Crippen LogP contribution in [0, 0.1) is 0 Å². The van der Waals surface area contributed by atoms with Crippen LogP contribution in [0.5, 0.6) is 0 Å². The van der Waals surface area contributed by atoms with Crippen LogP contribution in [-0.2, 0) is 10.0 Å². The van der Waals surface area contributed by atoms with Gasteiger partial charge in [-0.15, -0.1) is 0 Å². The molecule has 0 unspecified atom stereocenters. The predicted octanol–water partition coefficient (Wildman–Crippen LogP) is 0.860. The molecule has 2 N–H and O–H groups in total. The van der Waals surface area contributed by atoms with Gasteiger partial charge in [0.05, 0.1) is 17.2 Å². The number of H-pyrrole nitrogens is 1. The Hall–Kier alpha value is -2.87. The molecule has 118 valence electrons. The molecule has 3 aromatic rings. The number of aromatic nitrogens is 2. The zero-order chi connectivity index (χ0) is 16.6. The number of nitrogens with one attached hydrogen (secondary N) is 2. The number of rotatable bonds is 3. The molecular weight excluding hydrogens is 318 g/mol. The lowest BCUT2D eigenvalue weighted by Crippen LogP contribution is -2.43. The summed E-state index contributed by atoms with van der Waals surface area (Å²) >= 11 is 0. The average molecular weight is 331 g/mol. The Morgan fingerprint density at radius 3 is 2.35 bits per heavy atom. The zero-order valence-electron chi connectivity index (χ0n) is 12.1. The number of nitrogens with zero attached hydrogens (tertiary/aromatic N) is 1. The molecule has 0 radical (unpaired) electrons. The largest absolute Gasteiger partial charge is 0.348 e. The SMILES string of the molecule is CS(=O)(=O)Nn1c(=O)[nH]c2cc(-c3ccccc3)ccc2c1=O. The number of sulfonamides is 1. The number of aromatic amines is 1. The van der Waals surface area contributed by atoms with Gasteiger partial charge in [0, 0.05) is 0 Å². The van der Waals surface area contributed by atoms with Crippen molar-refractivity contribution in [2.45, 2.75) is 0 Å². The van der Waals surface area contributed by atoms with Gasteiger partial charge >= 0.3 is 5.69 Å². The maximum atomic E-state index is 12.3. The minimum Gasteiger partial charge on any atom is -0.305 e. The van der Waals surface area contributed by atoms with E-state index in [0.29, 0.717) is 10.2 Å². The van der Waals surface area contributed by atoms with Crippen molar-refractivity contribution in [3.63, 3.8) is 0 Å². The van der Waals surface area contributed by atoms with Crippen LogP contribution in [0.15, 0.2) is 58.1 Å². The first kappa shape index (κ1) is 15.0. The third-order valence-corrected chi connectivity index (χ3v) is 3.78. The highest BCUT2D eigenvalue weighted by molar-refractivity contribution is 7.91. The minimum atomic E-state index is -3.75. The molecule has 0 fully saturated rings. The van der Waals surface area contributed by atoms with Gasteiger partial charge in [0.25, 0.3) is 5.56 Å². The van der Waals surface area contributed by atoms with E-state index >= 15 is 0 Å². The number of hydrogen-bond donors (Lipinski definition) is 2. The van der Waals surface area contributed by atoms with E-state index in [1.165, 1.54) is 0 Å². The summed E-state index contributed by atoms with van der Waals surface area (Å²) in [5.74, 6) is 0. The van der Waals surface area contributed by atoms with Gasteiger partial charge in [0.15, 0.2) is 0 Å². The van der Waals surface area contributed by atoms with Gasteiger partial charge in [-0.2, -0.15) is 4.68 Å². The summed E-state index contributed by atoms with van der Waals surface area (Å²) in [6.07, 6.45) is 0.863. The minimum absolute atomic E-state index is 0.209. The van der Waals surface area contributed by atoms with Crippen LogP contribution < -0.4 is 16.1 Å². The maximum absolute atomic E-state index is 12.3. The Balaban J connectivity index is 2.22. The molecule has 0 aliphatic heterocycles. The first-order chi connectivity index (χ1) is 10.8. The summed E-state index contributed by atoms with van der Waals surface area (Å²) in [6.45, 7) is 0. The second-order valence-corrected chi connectivity index (χ2v) is 6.79. The van der Waals surface area contributed by atoms with Crippen molar-refractivity contribution in [1.29, 1.82) is 0 Å². The van der Waals surface area contributed by atoms with Gasteiger partial charge in [0.2, 0.25) is 10.0 Å². The molecule has 0 bridgehead atoms. The van der Waals surface area contributed by atoms with Crippen molar-refractivity contribution in [3.8, 4) is 11.1 Å². The molecule has 0 spiro atoms. The average Bonchev–Trinajstić information content (AvgIpc) is 2.51. The van der Waals surface area contributed by atoms with E-state index in [-0.39, 0.29) is 5.39 Å². The number of benzene rings is 2. The first-order valence-electron chi connectivity index (χ1n) is 6.67. The highest BCUT2D eigenvalue weighted by Gasteiger charge is 2.11. The molecule has 3 rings (SSSR count). The molecule has 0 amide bonds. The quantitative estimate of drug-likeness (QED) is 0.743. The number of fused-ring (bicyclic) bond motifs is 1. The Kier molecular flexibility index (Phi) is 3.53. The smallest absolute Gasteiger partial charge is 0.305 e. The van der Waals surface area contributed by atoms with Gasteiger partial charge in [-0.3, -0.25) is 4.79 Å². The molecule has 1 aromatic heterocycles. The zero-order valence-corrected chi connectivity index (χ0v) is 12.9. The van der Waals surface area contributed by atoms with Gasteiger partial charge in [0.1, 0.15) is 0 Å². The molecule has 7 nitrogen and oxygen atoms in total. The van der Waals surface area contributed by atoms with Crippen molar-refractivity contribution in [2.24, 2.45) is 0 Å². The van der Waals surface area contributed by atoms with Crippen LogP contribution >= 0.6 is 0 Å². The monoisotopic (exact) mass is 331 g/mol. The topological polar surface area (TPSA) is 101 Å². The van der Waals surface area contributed by atoms with Crippen LogP contribution in [0.1, 0.15) is 0 Å². The van der Waals surface area contributed by atoms with Gasteiger partial charge < -0.3 is 4.98 Å². The van der Waals surface area contributed by atoms with Crippen LogP contribution in [0.25, 0.3) is 22.0 Å². The first-order valence-corrected chi connectivity index (χ1v) is 8.56. The molecule has 0 atom stereocenters. The summed E-state index contributed by atoms with van der Waals surface area (Å²) in [5, 5.41) is 0.209. The van der Waals surface area contributed by atoms with Crippen LogP contribution in [0.4, 0.5) is 0 Å². The molecule has 0 aliphatic carbocycles. The molecule has 1 heterocycles. The van der Waals surface area contributed by atoms with Gasteiger partial charge in [-0.25, -0.2) is 18.0 Å². The molecule has 23 heavy (non-hydrogen) atoms. The van der Waals surface area contributed by atoms with Crippen molar-refractivity contribution in [1.82, 2.24) is 9.66 Å². The molecule has 0 aliphatic rings. The second kappa shape index (κ2) is 5.40. The van der Waals surface area contributed by atoms with E-state index < -0.39 is 21.3 Å². The summed E-state index contributed by atoms with van der Waals surface area (Å²) in [4.78, 5) is 28.7. The standard InChI is InChI=1S/C15H13N3O4S/c1-23(21,22)17-18-14(19)12-8-7-11(9-13(12)16-15(18)20)10-5-3-2-4-6-10/h2-9,17H,1H3,(H,16,20). The Bertz CT molecular complexity index is 1100. The molecule has 2 aromatic carbocycles. The van der Waals surface area contributed by atoms with Crippen molar-refractivity contribution < 1.29 is 8.42 Å². The van der Waals surface area contributed by atoms with Crippen molar-refractivity contribution >= 4 is 20.9 Å². The molecule has 0 saturated carbocycles. The highest BCUT2D eigenvalue weighted by atomic mass is 32.2. The summed E-state index contributed by atoms with van der Waals surface area (Å²) in [5.41, 5.74) is 0.537. The normalized spacial score (nSPS) is 11.5. The van der Waals surface area contributed by atoms with Crippen LogP contribution in [-0.4, -0.2) is 24.3 Å². The van der Waals surface area contributed by atoms with E-state index in [0.717, 1.165) is 17.4 Å². The molecule has 8 heteroatoms. The van der Waals surface area contributed by atoms with E-state index in [1.54, 1.807) is 18.2 Å². The lowest BCUT2D eigenvalue weighted by molar-refractivity contribution is 0.598. The highest BCUT2D eigenvalue weighted by Crippen LogP contribution is 2.21. The Morgan fingerprint density at radius 2 is 1.70 bits per heavy atom. The summed E-state index contributed by atoms with van der Waals surface area (Å²) in [6, 6.07) is 14.4. The van der Waals surface area contributed by atoms with Gasteiger partial charge in [-0.05, 0) is 23.3 Å². The van der Waals surface area contributed by atoms with Crippen LogP contribution in [0.2, 0.25) is 0 Å².